The number of nitrogens with zero attached hydrogens (tertiary/aromatic N) is 1. The lowest BCUT2D eigenvalue weighted by molar-refractivity contribution is -0.423. The molecule has 0 atom stereocenters. The van der Waals surface area contributed by atoms with Gasteiger partial charge in [-0.05, 0) is 12.5 Å². The number of nitro groups is 1. The molecule has 3 nitrogen and oxygen atoms in total. The molecule has 1 aromatic rings. The number of benzene rings is 1. The van der Waals surface area contributed by atoms with Gasteiger partial charge in [-0.25, -0.2) is 0 Å². The van der Waals surface area contributed by atoms with Crippen LogP contribution < -0.4 is 0 Å². The Hall–Kier alpha value is -1.64. The van der Waals surface area contributed by atoms with E-state index < -0.39 is 0 Å². The molecule has 0 aliphatic rings. The highest BCUT2D eigenvalue weighted by Gasteiger charge is 2.08. The molecule has 0 spiro atoms. The number of allylic oxidation sites excluding steroid dienone is 2. The highest BCUT2D eigenvalue weighted by atomic mass is 16.6. The minimum Gasteiger partial charge on any atom is -0.259 e. The summed E-state index contributed by atoms with van der Waals surface area (Å²) in [6, 6.07) is 9.35. The molecule has 0 bridgehead atoms. The zero-order valence-corrected chi connectivity index (χ0v) is 7.65. The number of rotatable bonds is 2. The zero-order chi connectivity index (χ0) is 9.84. The fraction of sp³-hybridized carbons (Fsp3) is 0.200. The zero-order valence-electron chi connectivity index (χ0n) is 7.65. The summed E-state index contributed by atoms with van der Waals surface area (Å²) in [5.74, 6) is 0. The van der Waals surface area contributed by atoms with Crippen molar-refractivity contribution < 1.29 is 4.92 Å². The molecule has 0 amide bonds. The molecular formula is C10H11NO2. The minimum absolute atomic E-state index is 0.200. The molecule has 68 valence electrons. The number of hydrogen-bond donors (Lipinski definition) is 0. The molecule has 0 N–H and O–H groups in total. The molecule has 0 heterocycles. The van der Waals surface area contributed by atoms with E-state index in [0.29, 0.717) is 5.57 Å². The summed E-state index contributed by atoms with van der Waals surface area (Å²) < 4.78 is 0. The van der Waals surface area contributed by atoms with Gasteiger partial charge >= 0.3 is 0 Å². The van der Waals surface area contributed by atoms with Crippen LogP contribution >= 0.6 is 0 Å². The first-order valence-electron chi connectivity index (χ1n) is 4.00. The number of hydrogen-bond acceptors (Lipinski definition) is 2. The lowest BCUT2D eigenvalue weighted by atomic mass is 10.1. The molecule has 0 saturated carbocycles. The van der Waals surface area contributed by atoms with Gasteiger partial charge in [0.1, 0.15) is 0 Å². The third-order valence-corrected chi connectivity index (χ3v) is 2.02. The molecular weight excluding hydrogens is 166 g/mol. The van der Waals surface area contributed by atoms with Crippen molar-refractivity contribution in [3.63, 3.8) is 0 Å². The summed E-state index contributed by atoms with van der Waals surface area (Å²) in [7, 11) is 0. The summed E-state index contributed by atoms with van der Waals surface area (Å²) in [4.78, 5) is 10.1. The summed E-state index contributed by atoms with van der Waals surface area (Å²) >= 11 is 0. The quantitative estimate of drug-likeness (QED) is 0.515. The minimum atomic E-state index is -0.359. The van der Waals surface area contributed by atoms with Crippen molar-refractivity contribution in [2.75, 3.05) is 0 Å². The lowest BCUT2D eigenvalue weighted by Crippen LogP contribution is -1.96. The Bertz CT molecular complexity index is 341. The first-order valence-corrected chi connectivity index (χ1v) is 4.00. The standard InChI is InChI=1S/C10H11NO2/c1-8(9(2)11(12)13)10-6-4-3-5-7-10/h3-7H,1-2H3/b9-8+. The second-order valence-electron chi connectivity index (χ2n) is 2.83. The average Bonchev–Trinajstić information content (AvgIpc) is 2.17. The Morgan fingerprint density at radius 1 is 1.23 bits per heavy atom. The van der Waals surface area contributed by atoms with Crippen LogP contribution in [0.3, 0.4) is 0 Å². The van der Waals surface area contributed by atoms with Crippen LogP contribution in [0.4, 0.5) is 0 Å². The van der Waals surface area contributed by atoms with Crippen molar-refractivity contribution in [2.24, 2.45) is 0 Å². The summed E-state index contributed by atoms with van der Waals surface area (Å²) in [5.41, 5.74) is 1.81. The van der Waals surface area contributed by atoms with Crippen LogP contribution in [0.2, 0.25) is 0 Å². The topological polar surface area (TPSA) is 43.1 Å². The fourth-order valence-electron chi connectivity index (χ4n) is 1.03. The predicted molar refractivity (Wildman–Crippen MR) is 51.7 cm³/mol. The molecule has 0 unspecified atom stereocenters. The molecule has 0 radical (unpaired) electrons. The van der Waals surface area contributed by atoms with Gasteiger partial charge in [0.25, 0.3) is 0 Å². The SMILES string of the molecule is C/C(=C(/C)[N+](=O)[O-])c1ccccc1. The Morgan fingerprint density at radius 2 is 1.77 bits per heavy atom. The van der Waals surface area contributed by atoms with E-state index in [0.717, 1.165) is 5.56 Å². The van der Waals surface area contributed by atoms with Gasteiger partial charge in [-0.3, -0.25) is 10.1 Å². The lowest BCUT2D eigenvalue weighted by Gasteiger charge is -2.00. The highest BCUT2D eigenvalue weighted by molar-refractivity contribution is 5.64. The van der Waals surface area contributed by atoms with Crippen LogP contribution in [0.15, 0.2) is 36.0 Å². The van der Waals surface area contributed by atoms with Crippen molar-refractivity contribution in [1.29, 1.82) is 0 Å². The van der Waals surface area contributed by atoms with Crippen molar-refractivity contribution >= 4 is 5.57 Å². The molecule has 0 aromatic heterocycles. The molecule has 0 fully saturated rings. The summed E-state index contributed by atoms with van der Waals surface area (Å²) in [5, 5.41) is 10.5. The molecule has 1 rings (SSSR count). The van der Waals surface area contributed by atoms with Crippen molar-refractivity contribution in [3.8, 4) is 0 Å². The Labute approximate surface area is 76.9 Å². The maximum Gasteiger partial charge on any atom is 0.246 e. The van der Waals surface area contributed by atoms with Crippen molar-refractivity contribution in [1.82, 2.24) is 0 Å². The van der Waals surface area contributed by atoms with Gasteiger partial charge in [0.05, 0.1) is 4.92 Å². The Morgan fingerprint density at radius 3 is 2.23 bits per heavy atom. The molecule has 0 aliphatic carbocycles. The third kappa shape index (κ3) is 2.15. The van der Waals surface area contributed by atoms with E-state index in [1.54, 1.807) is 6.92 Å². The van der Waals surface area contributed by atoms with Crippen LogP contribution in [0.25, 0.3) is 5.57 Å². The second kappa shape index (κ2) is 3.85. The Balaban J connectivity index is 3.11. The van der Waals surface area contributed by atoms with E-state index in [4.69, 9.17) is 0 Å². The monoisotopic (exact) mass is 177 g/mol. The van der Waals surface area contributed by atoms with E-state index >= 15 is 0 Å². The largest absolute Gasteiger partial charge is 0.259 e. The van der Waals surface area contributed by atoms with Crippen LogP contribution in [0, 0.1) is 10.1 Å². The molecule has 0 saturated heterocycles. The van der Waals surface area contributed by atoms with Gasteiger partial charge in [-0.15, -0.1) is 0 Å². The highest BCUT2D eigenvalue weighted by Crippen LogP contribution is 2.17. The first kappa shape index (κ1) is 9.45. The normalized spacial score (nSPS) is 12.2. The van der Waals surface area contributed by atoms with Gasteiger partial charge in [0, 0.05) is 12.5 Å². The fourth-order valence-corrected chi connectivity index (χ4v) is 1.03. The smallest absolute Gasteiger partial charge is 0.246 e. The van der Waals surface area contributed by atoms with Gasteiger partial charge < -0.3 is 0 Å². The molecule has 13 heavy (non-hydrogen) atoms. The van der Waals surface area contributed by atoms with E-state index in [1.807, 2.05) is 30.3 Å². The predicted octanol–water partition coefficient (Wildman–Crippen LogP) is 2.71. The van der Waals surface area contributed by atoms with Gasteiger partial charge in [0.15, 0.2) is 0 Å². The van der Waals surface area contributed by atoms with Crippen molar-refractivity contribution in [3.05, 3.63) is 51.7 Å². The van der Waals surface area contributed by atoms with E-state index in [9.17, 15) is 10.1 Å². The maximum absolute atomic E-state index is 10.5. The van der Waals surface area contributed by atoms with Crippen molar-refractivity contribution in [2.45, 2.75) is 13.8 Å². The third-order valence-electron chi connectivity index (χ3n) is 2.02. The van der Waals surface area contributed by atoms with Crippen LogP contribution in [-0.2, 0) is 0 Å². The van der Waals surface area contributed by atoms with E-state index in [-0.39, 0.29) is 10.6 Å². The second-order valence-corrected chi connectivity index (χ2v) is 2.83. The first-order chi connectivity index (χ1) is 6.13. The van der Waals surface area contributed by atoms with E-state index in [1.165, 1.54) is 6.92 Å². The average molecular weight is 177 g/mol. The van der Waals surface area contributed by atoms with Crippen LogP contribution in [0.1, 0.15) is 19.4 Å². The van der Waals surface area contributed by atoms with Crippen LogP contribution in [0.5, 0.6) is 0 Å². The molecule has 0 aliphatic heterocycles. The molecule has 3 heteroatoms. The summed E-state index contributed by atoms with van der Waals surface area (Å²) in [6.45, 7) is 3.27. The Kier molecular flexibility index (Phi) is 2.80. The van der Waals surface area contributed by atoms with Crippen LogP contribution in [-0.4, -0.2) is 4.92 Å². The maximum atomic E-state index is 10.5. The summed E-state index contributed by atoms with van der Waals surface area (Å²) in [6.07, 6.45) is 0. The van der Waals surface area contributed by atoms with E-state index in [2.05, 4.69) is 0 Å². The van der Waals surface area contributed by atoms with Gasteiger partial charge in [-0.1, -0.05) is 30.3 Å². The molecule has 1 aromatic carbocycles. The van der Waals surface area contributed by atoms with Gasteiger partial charge in [-0.2, -0.15) is 0 Å². The van der Waals surface area contributed by atoms with Gasteiger partial charge in [0.2, 0.25) is 5.70 Å².